The van der Waals surface area contributed by atoms with Gasteiger partial charge in [0, 0.05) is 43.7 Å². The first-order chi connectivity index (χ1) is 22.7. The Balaban J connectivity index is 1.41. The first kappa shape index (κ1) is 29.1. The first-order valence-corrected chi connectivity index (χ1v) is 16.7. The highest BCUT2D eigenvalue weighted by atomic mass is 32.2. The van der Waals surface area contributed by atoms with Crippen molar-refractivity contribution in [2.45, 2.75) is 5.51 Å². The van der Waals surface area contributed by atoms with E-state index < -0.39 is 21.4 Å². The number of furan rings is 1. The van der Waals surface area contributed by atoms with Crippen LogP contribution in [0.25, 0.3) is 53.2 Å². The maximum atomic E-state index is 13.5. The van der Waals surface area contributed by atoms with Crippen LogP contribution in [0.4, 0.5) is 30.2 Å². The minimum atomic E-state index is -5.94. The molecule has 0 saturated heterocycles. The van der Waals surface area contributed by atoms with Crippen molar-refractivity contribution in [3.8, 4) is 16.9 Å². The molecule has 0 N–H and O–H groups in total. The van der Waals surface area contributed by atoms with Crippen molar-refractivity contribution in [1.29, 1.82) is 0 Å². The third-order valence-corrected chi connectivity index (χ3v) is 10.2. The number of nitrogens with zero attached hydrogens (tertiary/aromatic N) is 1. The van der Waals surface area contributed by atoms with Crippen molar-refractivity contribution < 1.29 is 30.2 Å². The van der Waals surface area contributed by atoms with E-state index in [1.807, 2.05) is 126 Å². The van der Waals surface area contributed by atoms with Crippen LogP contribution in [0.3, 0.4) is 0 Å². The van der Waals surface area contributed by atoms with Crippen molar-refractivity contribution in [3.63, 3.8) is 0 Å². The molecule has 0 bridgehead atoms. The molecule has 8 aromatic rings. The first-order valence-electron chi connectivity index (χ1n) is 14.5. The lowest BCUT2D eigenvalue weighted by Gasteiger charge is -2.26. The fourth-order valence-corrected chi connectivity index (χ4v) is 7.60. The SMILES string of the molecule is O=S(=O)(Oc1cc(N(c2ccccc2)c2ccccc2)c2sc3ccc(-c4cccc5oc6ccccc6c45)cc3c2c1)C(F)(F)F. The molecule has 0 fully saturated rings. The second-order valence-corrected chi connectivity index (χ2v) is 13.5. The molecule has 8 rings (SSSR count). The van der Waals surface area contributed by atoms with Gasteiger partial charge in [-0.05, 0) is 65.7 Å². The number of anilines is 3. The van der Waals surface area contributed by atoms with Gasteiger partial charge >= 0.3 is 15.6 Å². The number of hydrogen-bond acceptors (Lipinski definition) is 6. The summed E-state index contributed by atoms with van der Waals surface area (Å²) < 4.78 is 77.6. The Morgan fingerprint density at radius 3 is 2.02 bits per heavy atom. The highest BCUT2D eigenvalue weighted by Gasteiger charge is 2.48. The zero-order valence-corrected chi connectivity index (χ0v) is 25.9. The van der Waals surface area contributed by atoms with Gasteiger partial charge in [0.1, 0.15) is 16.9 Å². The molecule has 0 saturated carbocycles. The number of hydrogen-bond donors (Lipinski definition) is 0. The lowest BCUT2D eigenvalue weighted by atomic mass is 9.98. The van der Waals surface area contributed by atoms with Gasteiger partial charge in [0.2, 0.25) is 0 Å². The smallest absolute Gasteiger partial charge is 0.456 e. The maximum Gasteiger partial charge on any atom is 0.534 e. The van der Waals surface area contributed by atoms with Crippen LogP contribution in [0.2, 0.25) is 0 Å². The Hall–Kier alpha value is -5.32. The largest absolute Gasteiger partial charge is 0.534 e. The standard InChI is InChI=1S/C37H22F3NO4S2/c38-37(39,40)47(42,43)45-26-21-30-29-20-23(27-15-9-17-33-35(27)28-14-7-8-16-32(28)44-33)18-19-34(29)46-36(30)31(22-26)41(24-10-3-1-4-11-24)25-12-5-2-6-13-25/h1-22H. The minimum Gasteiger partial charge on any atom is -0.456 e. The molecule has 0 atom stereocenters. The normalized spacial score (nSPS) is 12.3. The van der Waals surface area contributed by atoms with Gasteiger partial charge in [0.05, 0.1) is 10.4 Å². The van der Waals surface area contributed by atoms with E-state index in [2.05, 4.69) is 0 Å². The van der Waals surface area contributed by atoms with E-state index in [0.717, 1.165) is 59.2 Å². The summed E-state index contributed by atoms with van der Waals surface area (Å²) in [6.07, 6.45) is 0. The number of benzene rings is 6. The molecule has 0 radical (unpaired) electrons. The molecule has 2 heterocycles. The van der Waals surface area contributed by atoms with Crippen LogP contribution >= 0.6 is 11.3 Å². The zero-order chi connectivity index (χ0) is 32.3. The Morgan fingerprint density at radius 1 is 0.660 bits per heavy atom. The molecule has 6 aromatic carbocycles. The summed E-state index contributed by atoms with van der Waals surface area (Å²) in [7, 11) is -5.94. The van der Waals surface area contributed by atoms with E-state index in [0.29, 0.717) is 11.1 Å². The summed E-state index contributed by atoms with van der Waals surface area (Å²) in [4.78, 5) is 1.88. The van der Waals surface area contributed by atoms with Crippen LogP contribution in [0.15, 0.2) is 138 Å². The molecule has 47 heavy (non-hydrogen) atoms. The van der Waals surface area contributed by atoms with E-state index >= 15 is 0 Å². The molecule has 2 aromatic heterocycles. The van der Waals surface area contributed by atoms with E-state index in [1.165, 1.54) is 23.5 Å². The molecular weight excluding hydrogens is 644 g/mol. The quantitative estimate of drug-likeness (QED) is 0.131. The highest BCUT2D eigenvalue weighted by Crippen LogP contribution is 2.48. The second kappa shape index (κ2) is 10.9. The van der Waals surface area contributed by atoms with E-state index in [4.69, 9.17) is 8.60 Å². The summed E-state index contributed by atoms with van der Waals surface area (Å²) in [6.45, 7) is 0. The topological polar surface area (TPSA) is 59.8 Å². The van der Waals surface area contributed by atoms with Crippen molar-refractivity contribution in [2.24, 2.45) is 0 Å². The predicted molar refractivity (Wildman–Crippen MR) is 182 cm³/mol. The van der Waals surface area contributed by atoms with Crippen molar-refractivity contribution in [1.82, 2.24) is 0 Å². The fourth-order valence-electron chi connectivity index (χ4n) is 5.99. The monoisotopic (exact) mass is 665 g/mol. The Labute approximate surface area is 270 Å². The summed E-state index contributed by atoms with van der Waals surface area (Å²) in [5.41, 5.74) is -0.384. The third kappa shape index (κ3) is 4.97. The van der Waals surface area contributed by atoms with Gasteiger partial charge in [-0.3, -0.25) is 0 Å². The average molecular weight is 666 g/mol. The van der Waals surface area contributed by atoms with Crippen LogP contribution in [-0.2, 0) is 10.1 Å². The summed E-state index contributed by atoms with van der Waals surface area (Å²) >= 11 is 1.46. The highest BCUT2D eigenvalue weighted by molar-refractivity contribution is 7.88. The van der Waals surface area contributed by atoms with Gasteiger partial charge in [0.15, 0.2) is 0 Å². The maximum absolute atomic E-state index is 13.5. The van der Waals surface area contributed by atoms with Crippen molar-refractivity contribution in [2.75, 3.05) is 4.90 Å². The molecule has 0 amide bonds. The van der Waals surface area contributed by atoms with E-state index in [-0.39, 0.29) is 0 Å². The van der Waals surface area contributed by atoms with Gasteiger partial charge in [-0.2, -0.15) is 21.6 Å². The molecule has 0 aliphatic rings. The molecule has 5 nitrogen and oxygen atoms in total. The molecule has 0 aliphatic carbocycles. The zero-order valence-electron chi connectivity index (χ0n) is 24.2. The van der Waals surface area contributed by atoms with E-state index in [9.17, 15) is 21.6 Å². The Bertz CT molecular complexity index is 2520. The van der Waals surface area contributed by atoms with Crippen LogP contribution in [0.5, 0.6) is 5.75 Å². The molecule has 10 heteroatoms. The molecule has 0 spiro atoms. The van der Waals surface area contributed by atoms with Gasteiger partial charge in [-0.1, -0.05) is 72.8 Å². The van der Waals surface area contributed by atoms with Gasteiger partial charge in [-0.15, -0.1) is 11.3 Å². The van der Waals surface area contributed by atoms with Gasteiger partial charge in [0.25, 0.3) is 0 Å². The molecule has 0 aliphatic heterocycles. The van der Waals surface area contributed by atoms with Gasteiger partial charge < -0.3 is 13.5 Å². The predicted octanol–water partition coefficient (Wildman–Crippen LogP) is 11.3. The Kier molecular flexibility index (Phi) is 6.75. The second-order valence-electron chi connectivity index (χ2n) is 10.9. The Morgan fingerprint density at radius 2 is 1.32 bits per heavy atom. The van der Waals surface area contributed by atoms with E-state index in [1.54, 1.807) is 0 Å². The summed E-state index contributed by atoms with van der Waals surface area (Å²) in [5, 5.41) is 3.20. The number of thiophene rings is 1. The molecular formula is C37H22F3NO4S2. The summed E-state index contributed by atoms with van der Waals surface area (Å²) in [6, 6.07) is 40.9. The van der Waals surface area contributed by atoms with Crippen LogP contribution < -0.4 is 9.08 Å². The number of alkyl halides is 3. The number of halogens is 3. The van der Waals surface area contributed by atoms with Gasteiger partial charge in [-0.25, -0.2) is 0 Å². The number of rotatable bonds is 6. The summed E-state index contributed by atoms with van der Waals surface area (Å²) in [5.74, 6) is -0.449. The van der Waals surface area contributed by atoms with Crippen LogP contribution in [-0.4, -0.2) is 13.9 Å². The average Bonchev–Trinajstić information content (AvgIpc) is 3.63. The fraction of sp³-hybridized carbons (Fsp3) is 0.0270. The number of para-hydroxylation sites is 3. The number of fused-ring (bicyclic) bond motifs is 6. The van der Waals surface area contributed by atoms with Crippen molar-refractivity contribution in [3.05, 3.63) is 133 Å². The molecule has 232 valence electrons. The van der Waals surface area contributed by atoms with Crippen LogP contribution in [0.1, 0.15) is 0 Å². The van der Waals surface area contributed by atoms with Crippen molar-refractivity contribution >= 4 is 80.6 Å². The lowest BCUT2D eigenvalue weighted by Crippen LogP contribution is -2.28. The minimum absolute atomic E-state index is 0.449. The van der Waals surface area contributed by atoms with Crippen LogP contribution in [0, 0.1) is 0 Å². The third-order valence-electron chi connectivity index (χ3n) is 8.00. The lowest BCUT2D eigenvalue weighted by molar-refractivity contribution is -0.0500. The molecule has 0 unspecified atom stereocenters.